The van der Waals surface area contributed by atoms with E-state index in [-0.39, 0.29) is 24.7 Å². The molecule has 0 bridgehead atoms. The smallest absolute Gasteiger partial charge is 0.328 e. The highest BCUT2D eigenvalue weighted by molar-refractivity contribution is 7.98. The summed E-state index contributed by atoms with van der Waals surface area (Å²) in [7, 11) is 1.53. The number of halogens is 1. The van der Waals surface area contributed by atoms with Gasteiger partial charge in [-0.05, 0) is 66.5 Å². The molecule has 0 radical (unpaired) electrons. The van der Waals surface area contributed by atoms with E-state index in [9.17, 15) is 19.2 Å². The van der Waals surface area contributed by atoms with Crippen LogP contribution in [-0.2, 0) is 30.3 Å². The molecule has 0 saturated carbocycles. The van der Waals surface area contributed by atoms with Crippen molar-refractivity contribution in [2.45, 2.75) is 77.1 Å². The van der Waals surface area contributed by atoms with Gasteiger partial charge in [-0.25, -0.2) is 4.79 Å². The molecule has 0 aliphatic carbocycles. The average Bonchev–Trinajstić information content (AvgIpc) is 3.04. The number of esters is 1. The van der Waals surface area contributed by atoms with Crippen molar-refractivity contribution < 1.29 is 28.7 Å². The molecule has 3 amide bonds. The lowest BCUT2D eigenvalue weighted by Crippen LogP contribution is -2.53. The number of thioether (sulfide) groups is 1. The molecule has 9 nitrogen and oxygen atoms in total. The maximum Gasteiger partial charge on any atom is 0.328 e. The molecule has 1 unspecified atom stereocenters. The van der Waals surface area contributed by atoms with E-state index in [1.165, 1.54) is 13.2 Å². The zero-order chi connectivity index (χ0) is 35.1. The molecule has 5 atom stereocenters. The highest BCUT2D eigenvalue weighted by Gasteiger charge is 2.31. The molecule has 3 rings (SSSR count). The van der Waals surface area contributed by atoms with Crippen molar-refractivity contribution in [1.29, 1.82) is 0 Å². The number of amides is 3. The summed E-state index contributed by atoms with van der Waals surface area (Å²) in [4.78, 5) is 53.8. The van der Waals surface area contributed by atoms with Gasteiger partial charge in [-0.1, -0.05) is 87.0 Å². The maximum atomic E-state index is 13.6. The first-order valence-corrected chi connectivity index (χ1v) is 18.1. The van der Waals surface area contributed by atoms with Gasteiger partial charge in [0.1, 0.15) is 23.9 Å². The van der Waals surface area contributed by atoms with Crippen molar-refractivity contribution in [3.63, 3.8) is 0 Å². The van der Waals surface area contributed by atoms with Crippen LogP contribution in [0.3, 0.4) is 0 Å². The number of cyclic esters (lactones) is 1. The van der Waals surface area contributed by atoms with Gasteiger partial charge in [-0.15, -0.1) is 0 Å². The summed E-state index contributed by atoms with van der Waals surface area (Å²) in [6.45, 7) is 5.88. The minimum Gasteiger partial charge on any atom is -0.495 e. The standard InChI is InChI=1S/C37H48ClN3O6S/c1-24(2)20-31-37(45)47-32(25(3)14-15-26-10-7-6-8-11-26)12-9-13-34(42)39-28(21-27-16-17-33(46-4)29(38)22-27)23-35(43)40-30(18-19-48-5)36(44)41-31/h6-11,13-17,22,24-25,28,30-32H,12,18-21,23H2,1-5H3,(H,39,42)(H,40,43)(H,41,44)/b13-9+,15-14+/t25-,28-,30+,31+,32?/m1/s1. The molecular formula is C37H48ClN3O6S. The molecule has 0 spiro atoms. The molecule has 260 valence electrons. The summed E-state index contributed by atoms with van der Waals surface area (Å²) < 4.78 is 11.3. The Kier molecular flexibility index (Phi) is 16.1. The van der Waals surface area contributed by atoms with E-state index in [1.807, 2.05) is 75.6 Å². The van der Waals surface area contributed by atoms with Crippen LogP contribution in [-0.4, -0.2) is 67.0 Å². The van der Waals surface area contributed by atoms with E-state index in [0.29, 0.717) is 35.8 Å². The fourth-order valence-corrected chi connectivity index (χ4v) is 6.10. The SMILES string of the molecule is COc1ccc(C[C@@H]2CC(=O)N[C@@H](CCSC)C(=O)N[C@@H](CC(C)C)C(=O)OC([C@H](C)/C=C/c3ccccc3)C/C=C/C(=O)N2)cc1Cl. The summed E-state index contributed by atoms with van der Waals surface area (Å²) in [5, 5.41) is 9.09. The highest BCUT2D eigenvalue weighted by atomic mass is 35.5. The Labute approximate surface area is 293 Å². The van der Waals surface area contributed by atoms with E-state index >= 15 is 0 Å². The monoisotopic (exact) mass is 697 g/mol. The van der Waals surface area contributed by atoms with Crippen molar-refractivity contribution in [1.82, 2.24) is 16.0 Å². The second-order valence-electron chi connectivity index (χ2n) is 12.4. The van der Waals surface area contributed by atoms with E-state index in [2.05, 4.69) is 16.0 Å². The molecule has 1 aliphatic rings. The van der Waals surface area contributed by atoms with Gasteiger partial charge >= 0.3 is 5.97 Å². The van der Waals surface area contributed by atoms with Crippen LogP contribution in [0, 0.1) is 11.8 Å². The first kappa shape index (κ1) is 38.7. The summed E-state index contributed by atoms with van der Waals surface area (Å²) >= 11 is 7.90. The Hall–Kier alpha value is -3.76. The Balaban J connectivity index is 1.95. The van der Waals surface area contributed by atoms with Crippen molar-refractivity contribution >= 4 is 53.1 Å². The first-order chi connectivity index (χ1) is 23.0. The summed E-state index contributed by atoms with van der Waals surface area (Å²) in [5.41, 5.74) is 1.81. The molecule has 2 aromatic carbocycles. The average molecular weight is 698 g/mol. The lowest BCUT2D eigenvalue weighted by Gasteiger charge is -2.27. The number of rotatable bonds is 11. The van der Waals surface area contributed by atoms with Gasteiger partial charge in [0.15, 0.2) is 0 Å². The largest absolute Gasteiger partial charge is 0.495 e. The van der Waals surface area contributed by atoms with Crippen molar-refractivity contribution in [2.75, 3.05) is 19.1 Å². The van der Waals surface area contributed by atoms with E-state index in [1.54, 1.807) is 30.0 Å². The van der Waals surface area contributed by atoms with E-state index < -0.39 is 47.9 Å². The molecule has 48 heavy (non-hydrogen) atoms. The topological polar surface area (TPSA) is 123 Å². The number of carbonyl (C=O) groups excluding carboxylic acids is 4. The third-order valence-electron chi connectivity index (χ3n) is 7.93. The number of ether oxygens (including phenoxy) is 2. The molecule has 0 fully saturated rings. The minimum atomic E-state index is -0.910. The molecule has 3 N–H and O–H groups in total. The minimum absolute atomic E-state index is 0.0757. The van der Waals surface area contributed by atoms with Crippen molar-refractivity contribution in [3.05, 3.63) is 82.9 Å². The second-order valence-corrected chi connectivity index (χ2v) is 13.8. The zero-order valence-electron chi connectivity index (χ0n) is 28.4. The Bertz CT molecular complexity index is 1430. The molecular weight excluding hydrogens is 650 g/mol. The Morgan fingerprint density at radius 1 is 1.02 bits per heavy atom. The highest BCUT2D eigenvalue weighted by Crippen LogP contribution is 2.26. The molecule has 2 aromatic rings. The van der Waals surface area contributed by atoms with Crippen LogP contribution < -0.4 is 20.7 Å². The number of nitrogens with one attached hydrogen (secondary N) is 3. The van der Waals surface area contributed by atoms with Crippen LogP contribution in [0.15, 0.2) is 66.8 Å². The third-order valence-corrected chi connectivity index (χ3v) is 8.87. The van der Waals surface area contributed by atoms with Crippen LogP contribution in [0.4, 0.5) is 0 Å². The Morgan fingerprint density at radius 2 is 1.77 bits per heavy atom. The van der Waals surface area contributed by atoms with Gasteiger partial charge in [0.2, 0.25) is 17.7 Å². The zero-order valence-corrected chi connectivity index (χ0v) is 29.9. The first-order valence-electron chi connectivity index (χ1n) is 16.3. The third kappa shape index (κ3) is 13.0. The lowest BCUT2D eigenvalue weighted by molar-refractivity contribution is -0.155. The van der Waals surface area contributed by atoms with Crippen molar-refractivity contribution in [3.8, 4) is 5.75 Å². The van der Waals surface area contributed by atoms with E-state index in [4.69, 9.17) is 21.1 Å². The summed E-state index contributed by atoms with van der Waals surface area (Å²) in [6.07, 6.45) is 9.55. The van der Waals surface area contributed by atoms with Crippen molar-refractivity contribution in [2.24, 2.45) is 11.8 Å². The fraction of sp³-hybridized carbons (Fsp3) is 0.459. The normalized spacial score (nSPS) is 22.8. The molecule has 11 heteroatoms. The van der Waals surface area contributed by atoms with Crippen LogP contribution in [0.25, 0.3) is 6.08 Å². The summed E-state index contributed by atoms with van der Waals surface area (Å²) in [6, 6.07) is 12.7. The van der Waals surface area contributed by atoms with Gasteiger partial charge in [0.05, 0.1) is 12.1 Å². The maximum absolute atomic E-state index is 13.6. The number of hydrogen-bond donors (Lipinski definition) is 3. The number of benzene rings is 2. The van der Waals surface area contributed by atoms with Crippen LogP contribution in [0.5, 0.6) is 5.75 Å². The van der Waals surface area contributed by atoms with Gasteiger partial charge in [-0.2, -0.15) is 11.8 Å². The second kappa shape index (κ2) is 19.9. The van der Waals surface area contributed by atoms with Crippen LogP contribution in [0.1, 0.15) is 57.6 Å². The van der Waals surface area contributed by atoms with Crippen LogP contribution in [0.2, 0.25) is 5.02 Å². The van der Waals surface area contributed by atoms with Gasteiger partial charge < -0.3 is 25.4 Å². The molecule has 1 heterocycles. The molecule has 0 saturated heterocycles. The number of carbonyl (C=O) groups is 4. The fourth-order valence-electron chi connectivity index (χ4n) is 5.35. The number of hydrogen-bond acceptors (Lipinski definition) is 7. The quantitative estimate of drug-likeness (QED) is 0.256. The predicted molar refractivity (Wildman–Crippen MR) is 193 cm³/mol. The van der Waals surface area contributed by atoms with Gasteiger partial charge in [0, 0.05) is 24.8 Å². The predicted octanol–water partition coefficient (Wildman–Crippen LogP) is 5.76. The summed E-state index contributed by atoms with van der Waals surface area (Å²) in [5.74, 6) is -0.812. The van der Waals surface area contributed by atoms with Crippen LogP contribution >= 0.6 is 23.4 Å². The number of methoxy groups -OCH3 is 1. The lowest BCUT2D eigenvalue weighted by atomic mass is 9.98. The van der Waals surface area contributed by atoms with Gasteiger partial charge in [0.25, 0.3) is 0 Å². The van der Waals surface area contributed by atoms with Gasteiger partial charge in [-0.3, -0.25) is 14.4 Å². The Morgan fingerprint density at radius 3 is 2.44 bits per heavy atom. The molecule has 1 aliphatic heterocycles. The van der Waals surface area contributed by atoms with E-state index in [0.717, 1.165) is 11.1 Å². The molecule has 0 aromatic heterocycles.